The molecule has 2 aromatic carbocycles. The molecule has 0 saturated carbocycles. The third-order valence-corrected chi connectivity index (χ3v) is 6.12. The molecule has 1 aromatic heterocycles. The third kappa shape index (κ3) is 3.98. The van der Waals surface area contributed by atoms with E-state index in [9.17, 15) is 13.6 Å². The highest BCUT2D eigenvalue weighted by atomic mass is 35.5. The van der Waals surface area contributed by atoms with Gasteiger partial charge in [0.1, 0.15) is 11.6 Å². The zero-order valence-electron chi connectivity index (χ0n) is 14.9. The van der Waals surface area contributed by atoms with Gasteiger partial charge in [-0.2, -0.15) is 0 Å². The van der Waals surface area contributed by atoms with Gasteiger partial charge in [0.05, 0.1) is 17.0 Å². The number of pyridine rings is 1. The number of carbonyl (C=O) groups excluding carboxylic acids is 1. The summed E-state index contributed by atoms with van der Waals surface area (Å²) in [6, 6.07) is 8.67. The number of halogens is 3. The maximum atomic E-state index is 13.8. The fraction of sp³-hybridized carbons (Fsp3) is 0.238. The molecule has 1 N–H and O–H groups in total. The molecule has 1 aliphatic carbocycles. The second kappa shape index (κ2) is 8.05. The Morgan fingerprint density at radius 1 is 1.14 bits per heavy atom. The fourth-order valence-corrected chi connectivity index (χ4v) is 4.67. The molecule has 4 rings (SSSR count). The second-order valence-corrected chi connectivity index (χ2v) is 8.12. The Bertz CT molecular complexity index is 1070. The van der Waals surface area contributed by atoms with E-state index < -0.39 is 11.6 Å². The number of fused-ring (bicyclic) bond motifs is 2. The lowest BCUT2D eigenvalue weighted by Gasteiger charge is -2.20. The zero-order chi connectivity index (χ0) is 19.7. The Hall–Kier alpha value is -2.18. The first-order chi connectivity index (χ1) is 13.5. The summed E-state index contributed by atoms with van der Waals surface area (Å²) in [7, 11) is 0. The number of carbonyl (C=O) groups is 1. The number of anilines is 1. The Labute approximate surface area is 170 Å². The quantitative estimate of drug-likeness (QED) is 0.546. The van der Waals surface area contributed by atoms with Gasteiger partial charge in [-0.3, -0.25) is 9.78 Å². The van der Waals surface area contributed by atoms with E-state index >= 15 is 0 Å². The SMILES string of the molecule is O=C(CSc1c2c(nc3cc(Cl)ccc13)CCCC2)Nc1ccc(F)cc1F. The summed E-state index contributed by atoms with van der Waals surface area (Å²) in [5.41, 5.74) is 3.04. The molecule has 7 heteroatoms. The number of hydrogen-bond acceptors (Lipinski definition) is 3. The van der Waals surface area contributed by atoms with Crippen molar-refractivity contribution in [1.82, 2.24) is 4.98 Å². The van der Waals surface area contributed by atoms with Gasteiger partial charge in [-0.15, -0.1) is 11.8 Å². The van der Waals surface area contributed by atoms with E-state index in [1.807, 2.05) is 18.2 Å². The van der Waals surface area contributed by atoms with Crippen molar-refractivity contribution in [3.63, 3.8) is 0 Å². The van der Waals surface area contributed by atoms with Crippen LogP contribution in [0.25, 0.3) is 10.9 Å². The van der Waals surface area contributed by atoms with Crippen molar-refractivity contribution < 1.29 is 13.6 Å². The molecule has 0 fully saturated rings. The number of aromatic nitrogens is 1. The fourth-order valence-electron chi connectivity index (χ4n) is 3.43. The van der Waals surface area contributed by atoms with Gasteiger partial charge in [-0.25, -0.2) is 8.78 Å². The number of nitrogens with zero attached hydrogens (tertiary/aromatic N) is 1. The molecular weight excluding hydrogens is 402 g/mol. The van der Waals surface area contributed by atoms with Crippen molar-refractivity contribution in [3.8, 4) is 0 Å². The van der Waals surface area contributed by atoms with Gasteiger partial charge in [0.2, 0.25) is 5.91 Å². The number of thioether (sulfide) groups is 1. The van der Waals surface area contributed by atoms with E-state index in [-0.39, 0.29) is 17.3 Å². The maximum Gasteiger partial charge on any atom is 0.234 e. The summed E-state index contributed by atoms with van der Waals surface area (Å²) < 4.78 is 26.8. The summed E-state index contributed by atoms with van der Waals surface area (Å²) in [6.07, 6.45) is 4.03. The van der Waals surface area contributed by atoms with Crippen LogP contribution in [0.2, 0.25) is 5.02 Å². The molecule has 0 aliphatic heterocycles. The van der Waals surface area contributed by atoms with Gasteiger partial charge < -0.3 is 5.32 Å². The molecule has 1 heterocycles. The third-order valence-electron chi connectivity index (χ3n) is 4.73. The van der Waals surface area contributed by atoms with Crippen LogP contribution in [-0.2, 0) is 17.6 Å². The van der Waals surface area contributed by atoms with Crippen LogP contribution in [0.5, 0.6) is 0 Å². The monoisotopic (exact) mass is 418 g/mol. The molecule has 0 saturated heterocycles. The number of hydrogen-bond donors (Lipinski definition) is 1. The predicted octanol–water partition coefficient (Wildman–Crippen LogP) is 5.78. The lowest BCUT2D eigenvalue weighted by Crippen LogP contribution is -2.16. The number of nitrogens with one attached hydrogen (secondary N) is 1. The summed E-state index contributed by atoms with van der Waals surface area (Å²) >= 11 is 7.54. The van der Waals surface area contributed by atoms with Crippen LogP contribution in [0.15, 0.2) is 41.3 Å². The highest BCUT2D eigenvalue weighted by Gasteiger charge is 2.20. The highest BCUT2D eigenvalue weighted by Crippen LogP contribution is 2.36. The van der Waals surface area contributed by atoms with Crippen LogP contribution in [0.4, 0.5) is 14.5 Å². The summed E-state index contributed by atoms with van der Waals surface area (Å²) in [4.78, 5) is 18.2. The van der Waals surface area contributed by atoms with Gasteiger partial charge in [0.15, 0.2) is 0 Å². The first-order valence-electron chi connectivity index (χ1n) is 9.00. The van der Waals surface area contributed by atoms with Crippen LogP contribution in [-0.4, -0.2) is 16.6 Å². The lowest BCUT2D eigenvalue weighted by atomic mass is 9.94. The average Bonchev–Trinajstić information content (AvgIpc) is 2.67. The summed E-state index contributed by atoms with van der Waals surface area (Å²) in [5, 5.41) is 4.10. The molecule has 0 spiro atoms. The van der Waals surface area contributed by atoms with Gasteiger partial charge in [-0.05, 0) is 55.5 Å². The predicted molar refractivity (Wildman–Crippen MR) is 109 cm³/mol. The van der Waals surface area contributed by atoms with Crippen LogP contribution >= 0.6 is 23.4 Å². The van der Waals surface area contributed by atoms with E-state index in [1.165, 1.54) is 23.4 Å². The molecule has 1 amide bonds. The van der Waals surface area contributed by atoms with Crippen molar-refractivity contribution in [3.05, 3.63) is 64.3 Å². The van der Waals surface area contributed by atoms with E-state index in [2.05, 4.69) is 5.32 Å². The van der Waals surface area contributed by atoms with Crippen LogP contribution in [0.3, 0.4) is 0 Å². The van der Waals surface area contributed by atoms with E-state index in [0.29, 0.717) is 5.02 Å². The van der Waals surface area contributed by atoms with Gasteiger partial charge in [-0.1, -0.05) is 17.7 Å². The maximum absolute atomic E-state index is 13.8. The van der Waals surface area contributed by atoms with Crippen molar-refractivity contribution >= 4 is 45.9 Å². The van der Waals surface area contributed by atoms with Crippen LogP contribution in [0.1, 0.15) is 24.1 Å². The Balaban J connectivity index is 1.59. The largest absolute Gasteiger partial charge is 0.323 e. The first kappa shape index (κ1) is 19.2. The van der Waals surface area contributed by atoms with Gasteiger partial charge in [0.25, 0.3) is 0 Å². The minimum Gasteiger partial charge on any atom is -0.323 e. The topological polar surface area (TPSA) is 42.0 Å². The van der Waals surface area contributed by atoms with E-state index in [0.717, 1.165) is 59.3 Å². The van der Waals surface area contributed by atoms with E-state index in [1.54, 1.807) is 0 Å². The summed E-state index contributed by atoms with van der Waals surface area (Å²) in [6.45, 7) is 0. The number of rotatable bonds is 4. The van der Waals surface area contributed by atoms with Crippen molar-refractivity contribution in [2.24, 2.45) is 0 Å². The van der Waals surface area contributed by atoms with Gasteiger partial charge >= 0.3 is 0 Å². The minimum atomic E-state index is -0.792. The molecule has 0 unspecified atom stereocenters. The second-order valence-electron chi connectivity index (χ2n) is 6.70. The first-order valence-corrected chi connectivity index (χ1v) is 10.4. The molecule has 28 heavy (non-hydrogen) atoms. The van der Waals surface area contributed by atoms with Crippen molar-refractivity contribution in [1.29, 1.82) is 0 Å². The molecule has 1 aliphatic rings. The molecule has 0 radical (unpaired) electrons. The smallest absolute Gasteiger partial charge is 0.234 e. The molecule has 144 valence electrons. The van der Waals surface area contributed by atoms with Gasteiger partial charge in [0, 0.05) is 27.1 Å². The normalized spacial score (nSPS) is 13.4. The number of benzene rings is 2. The molecule has 3 nitrogen and oxygen atoms in total. The number of aryl methyl sites for hydroxylation is 1. The Kier molecular flexibility index (Phi) is 5.51. The Morgan fingerprint density at radius 2 is 1.96 bits per heavy atom. The van der Waals surface area contributed by atoms with Crippen molar-refractivity contribution in [2.45, 2.75) is 30.6 Å². The molecule has 0 bridgehead atoms. The molecule has 0 atom stereocenters. The average molecular weight is 419 g/mol. The highest BCUT2D eigenvalue weighted by molar-refractivity contribution is 8.00. The minimum absolute atomic E-state index is 0.0274. The molecular formula is C21H17ClF2N2OS. The summed E-state index contributed by atoms with van der Waals surface area (Å²) in [5.74, 6) is -1.71. The lowest BCUT2D eigenvalue weighted by molar-refractivity contribution is -0.113. The van der Waals surface area contributed by atoms with E-state index in [4.69, 9.17) is 16.6 Å². The van der Waals surface area contributed by atoms with Crippen molar-refractivity contribution in [2.75, 3.05) is 11.1 Å². The molecule has 3 aromatic rings. The Morgan fingerprint density at radius 3 is 2.79 bits per heavy atom. The standard InChI is InChI=1S/C21H17ClF2N2OS/c22-12-5-7-15-19(9-12)25-17-4-2-1-3-14(17)21(15)28-11-20(27)26-18-8-6-13(23)10-16(18)24/h5-10H,1-4,11H2,(H,26,27). The van der Waals surface area contributed by atoms with Crippen LogP contribution in [0, 0.1) is 11.6 Å². The van der Waals surface area contributed by atoms with Crippen LogP contribution < -0.4 is 5.32 Å². The number of amides is 1. The zero-order valence-corrected chi connectivity index (χ0v) is 16.5.